The zero-order chi connectivity index (χ0) is 16.7. The molecule has 23 heavy (non-hydrogen) atoms. The number of amides is 2. The number of rotatable bonds is 6. The molecule has 0 spiro atoms. The van der Waals surface area contributed by atoms with Gasteiger partial charge in [-0.3, -0.25) is 0 Å². The summed E-state index contributed by atoms with van der Waals surface area (Å²) in [6.07, 6.45) is 0.122. The van der Waals surface area contributed by atoms with Crippen LogP contribution in [0, 0.1) is 0 Å². The Morgan fingerprint density at radius 2 is 1.87 bits per heavy atom. The van der Waals surface area contributed by atoms with Crippen LogP contribution in [0.4, 0.5) is 10.5 Å². The van der Waals surface area contributed by atoms with Crippen LogP contribution in [0.3, 0.4) is 0 Å². The van der Waals surface area contributed by atoms with Gasteiger partial charge in [0, 0.05) is 17.8 Å². The van der Waals surface area contributed by atoms with Gasteiger partial charge >= 0.3 is 6.03 Å². The first-order valence-corrected chi connectivity index (χ1v) is 7.58. The summed E-state index contributed by atoms with van der Waals surface area (Å²) in [7, 11) is 1.55. The molecule has 0 saturated heterocycles. The van der Waals surface area contributed by atoms with Crippen LogP contribution >= 0.6 is 0 Å². The van der Waals surface area contributed by atoms with E-state index in [0.717, 1.165) is 6.42 Å². The second kappa shape index (κ2) is 8.19. The number of aliphatic hydroxyl groups is 1. The van der Waals surface area contributed by atoms with Gasteiger partial charge in [-0.25, -0.2) is 4.79 Å². The summed E-state index contributed by atoms with van der Waals surface area (Å²) in [6.45, 7) is 2.17. The number of anilines is 1. The van der Waals surface area contributed by atoms with Gasteiger partial charge in [-0.2, -0.15) is 0 Å². The van der Waals surface area contributed by atoms with Gasteiger partial charge in [0.2, 0.25) is 0 Å². The molecule has 0 fully saturated rings. The number of carbonyl (C=O) groups excluding carboxylic acids is 1. The lowest BCUT2D eigenvalue weighted by atomic mass is 10.1. The number of carbonyl (C=O) groups is 1. The number of ether oxygens (including phenoxy) is 1. The summed E-state index contributed by atoms with van der Waals surface area (Å²) >= 11 is 0. The Bertz CT molecular complexity index is 641. The van der Waals surface area contributed by atoms with E-state index in [2.05, 4.69) is 17.6 Å². The van der Waals surface area contributed by atoms with Crippen molar-refractivity contribution in [1.29, 1.82) is 0 Å². The third-order valence-electron chi connectivity index (χ3n) is 3.57. The predicted octanol–water partition coefficient (Wildman–Crippen LogP) is 3.11. The van der Waals surface area contributed by atoms with E-state index in [1.807, 2.05) is 36.4 Å². The summed E-state index contributed by atoms with van der Waals surface area (Å²) in [5.74, 6) is 0.595. The summed E-state index contributed by atoms with van der Waals surface area (Å²) in [5, 5.41) is 15.6. The van der Waals surface area contributed by atoms with Crippen molar-refractivity contribution >= 4 is 11.7 Å². The molecule has 0 unspecified atom stereocenters. The fourth-order valence-electron chi connectivity index (χ4n) is 2.24. The second-order valence-corrected chi connectivity index (χ2v) is 5.14. The molecule has 0 aliphatic heterocycles. The van der Waals surface area contributed by atoms with Crippen LogP contribution in [0.2, 0.25) is 0 Å². The van der Waals surface area contributed by atoms with Crippen LogP contribution in [0.25, 0.3) is 0 Å². The second-order valence-electron chi connectivity index (χ2n) is 5.14. The van der Waals surface area contributed by atoms with Crippen molar-refractivity contribution < 1.29 is 14.6 Å². The molecule has 0 aliphatic carbocycles. The lowest BCUT2D eigenvalue weighted by molar-refractivity contribution is 0.171. The fourth-order valence-corrected chi connectivity index (χ4v) is 2.24. The average Bonchev–Trinajstić information content (AvgIpc) is 2.60. The van der Waals surface area contributed by atoms with Crippen LogP contribution < -0.4 is 15.4 Å². The van der Waals surface area contributed by atoms with E-state index in [-0.39, 0.29) is 12.6 Å². The lowest BCUT2D eigenvalue weighted by Crippen LogP contribution is -2.32. The number of hydrogen-bond donors (Lipinski definition) is 3. The molecule has 2 aromatic carbocycles. The summed E-state index contributed by atoms with van der Waals surface area (Å²) in [5.41, 5.74) is 2.57. The Hall–Kier alpha value is -2.53. The predicted molar refractivity (Wildman–Crippen MR) is 90.8 cm³/mol. The third kappa shape index (κ3) is 4.72. The largest absolute Gasteiger partial charge is 0.496 e. The van der Waals surface area contributed by atoms with Crippen LogP contribution in [0.5, 0.6) is 5.75 Å². The van der Waals surface area contributed by atoms with E-state index in [0.29, 0.717) is 17.0 Å². The fraction of sp³-hybridized carbons (Fsp3) is 0.278. The van der Waals surface area contributed by atoms with Gasteiger partial charge in [-0.05, 0) is 30.2 Å². The van der Waals surface area contributed by atoms with Crippen molar-refractivity contribution in [3.05, 3.63) is 59.7 Å². The highest BCUT2D eigenvalue weighted by atomic mass is 16.5. The van der Waals surface area contributed by atoms with Crippen molar-refractivity contribution in [2.45, 2.75) is 19.4 Å². The van der Waals surface area contributed by atoms with Crippen molar-refractivity contribution in [3.63, 3.8) is 0 Å². The van der Waals surface area contributed by atoms with Gasteiger partial charge < -0.3 is 20.5 Å². The molecule has 5 heteroatoms. The quantitative estimate of drug-likeness (QED) is 0.767. The zero-order valence-corrected chi connectivity index (χ0v) is 13.4. The van der Waals surface area contributed by atoms with Gasteiger partial charge in [-0.1, -0.05) is 37.3 Å². The molecule has 2 aromatic rings. The third-order valence-corrected chi connectivity index (χ3v) is 3.57. The average molecular weight is 314 g/mol. The van der Waals surface area contributed by atoms with Gasteiger partial charge in [0.05, 0.1) is 13.2 Å². The van der Waals surface area contributed by atoms with Crippen LogP contribution in [0.15, 0.2) is 48.5 Å². The Morgan fingerprint density at radius 1 is 1.17 bits per heavy atom. The molecular weight excluding hydrogens is 292 g/mol. The number of para-hydroxylation sites is 1. The highest BCUT2D eigenvalue weighted by Gasteiger charge is 2.13. The normalized spacial score (nSPS) is 11.6. The molecular formula is C18H22N2O3. The van der Waals surface area contributed by atoms with Gasteiger partial charge in [0.1, 0.15) is 5.75 Å². The first-order chi connectivity index (χ1) is 11.1. The Kier molecular flexibility index (Phi) is 6.00. The highest BCUT2D eigenvalue weighted by Crippen LogP contribution is 2.24. The standard InChI is InChI=1S/C18H22N2O3/c1-3-13-8-10-14(11-9-13)20-18(22)19-12-16(21)15-6-4-5-7-17(15)23-2/h4-11,16,21H,3,12H2,1-2H3,(H2,19,20,22)/t16-/m1/s1. The number of aliphatic hydroxyl groups excluding tert-OH is 1. The summed E-state index contributed by atoms with van der Waals surface area (Å²) < 4.78 is 5.20. The minimum absolute atomic E-state index is 0.0965. The van der Waals surface area contributed by atoms with Crippen molar-refractivity contribution in [2.75, 3.05) is 19.0 Å². The zero-order valence-electron chi connectivity index (χ0n) is 13.4. The number of urea groups is 1. The summed E-state index contributed by atoms with van der Waals surface area (Å²) in [4.78, 5) is 11.9. The van der Waals surface area contributed by atoms with E-state index in [4.69, 9.17) is 4.74 Å². The maximum atomic E-state index is 11.9. The molecule has 0 aromatic heterocycles. The molecule has 0 heterocycles. The number of hydrogen-bond acceptors (Lipinski definition) is 3. The van der Waals surface area contributed by atoms with Crippen molar-refractivity contribution in [1.82, 2.24) is 5.32 Å². The van der Waals surface area contributed by atoms with Crippen LogP contribution in [-0.2, 0) is 6.42 Å². The van der Waals surface area contributed by atoms with Crippen LogP contribution in [-0.4, -0.2) is 24.8 Å². The maximum Gasteiger partial charge on any atom is 0.319 e. The van der Waals surface area contributed by atoms with E-state index in [1.54, 1.807) is 19.2 Å². The maximum absolute atomic E-state index is 11.9. The molecule has 2 rings (SSSR count). The monoisotopic (exact) mass is 314 g/mol. The molecule has 2 amide bonds. The highest BCUT2D eigenvalue weighted by molar-refractivity contribution is 5.89. The van der Waals surface area contributed by atoms with E-state index in [1.165, 1.54) is 5.56 Å². The number of nitrogens with one attached hydrogen (secondary N) is 2. The lowest BCUT2D eigenvalue weighted by Gasteiger charge is -2.15. The smallest absolute Gasteiger partial charge is 0.319 e. The number of methoxy groups -OCH3 is 1. The van der Waals surface area contributed by atoms with Crippen LogP contribution in [0.1, 0.15) is 24.2 Å². The summed E-state index contributed by atoms with van der Waals surface area (Å²) in [6, 6.07) is 14.5. The molecule has 122 valence electrons. The van der Waals surface area contributed by atoms with E-state index < -0.39 is 6.10 Å². The van der Waals surface area contributed by atoms with E-state index in [9.17, 15) is 9.90 Å². The number of benzene rings is 2. The molecule has 0 radical (unpaired) electrons. The first kappa shape index (κ1) is 16.8. The Balaban J connectivity index is 1.88. The first-order valence-electron chi connectivity index (χ1n) is 7.58. The molecule has 1 atom stereocenters. The van der Waals surface area contributed by atoms with Gasteiger partial charge in [0.25, 0.3) is 0 Å². The molecule has 3 N–H and O–H groups in total. The molecule has 0 bridgehead atoms. The Morgan fingerprint density at radius 3 is 2.52 bits per heavy atom. The van der Waals surface area contributed by atoms with Gasteiger partial charge in [0.15, 0.2) is 0 Å². The van der Waals surface area contributed by atoms with Crippen molar-refractivity contribution in [3.8, 4) is 5.75 Å². The SMILES string of the molecule is CCc1ccc(NC(=O)NC[C@@H](O)c2ccccc2OC)cc1. The topological polar surface area (TPSA) is 70.6 Å². The molecule has 0 aliphatic rings. The molecule has 5 nitrogen and oxygen atoms in total. The Labute approximate surface area is 136 Å². The van der Waals surface area contributed by atoms with Gasteiger partial charge in [-0.15, -0.1) is 0 Å². The minimum atomic E-state index is -0.834. The minimum Gasteiger partial charge on any atom is -0.496 e. The number of aryl methyl sites for hydroxylation is 1. The van der Waals surface area contributed by atoms with E-state index >= 15 is 0 Å². The van der Waals surface area contributed by atoms with Crippen molar-refractivity contribution in [2.24, 2.45) is 0 Å². The molecule has 0 saturated carbocycles.